The highest BCUT2D eigenvalue weighted by molar-refractivity contribution is 6.16. The van der Waals surface area contributed by atoms with E-state index in [1.54, 1.807) is 4.68 Å². The summed E-state index contributed by atoms with van der Waals surface area (Å²) in [7, 11) is 0. The zero-order valence-electron chi connectivity index (χ0n) is 7.81. The summed E-state index contributed by atoms with van der Waals surface area (Å²) in [6.45, 7) is 2.04. The van der Waals surface area contributed by atoms with Crippen LogP contribution in [0.15, 0.2) is 30.5 Å². The Bertz CT molecular complexity index is 436. The summed E-state index contributed by atoms with van der Waals surface area (Å²) >= 11 is 5.64. The molecule has 0 radical (unpaired) electrons. The van der Waals surface area contributed by atoms with Crippen molar-refractivity contribution in [2.45, 2.75) is 12.8 Å². The van der Waals surface area contributed by atoms with Gasteiger partial charge in [-0.2, -0.15) is 0 Å². The van der Waals surface area contributed by atoms with Crippen LogP contribution in [-0.4, -0.2) is 15.0 Å². The zero-order chi connectivity index (χ0) is 9.97. The van der Waals surface area contributed by atoms with E-state index in [2.05, 4.69) is 10.3 Å². The minimum atomic E-state index is 0.395. The summed E-state index contributed by atoms with van der Waals surface area (Å²) in [4.78, 5) is 0. The van der Waals surface area contributed by atoms with Crippen molar-refractivity contribution in [2.24, 2.45) is 0 Å². The van der Waals surface area contributed by atoms with E-state index in [0.717, 1.165) is 11.4 Å². The maximum atomic E-state index is 5.64. The quantitative estimate of drug-likeness (QED) is 0.708. The van der Waals surface area contributed by atoms with Gasteiger partial charge >= 0.3 is 0 Å². The average molecular weight is 208 g/mol. The SMILES string of the molecule is Cc1cccc(-n2cc(CCl)nn2)c1. The lowest BCUT2D eigenvalue weighted by Crippen LogP contribution is -1.94. The van der Waals surface area contributed by atoms with E-state index in [-0.39, 0.29) is 0 Å². The van der Waals surface area contributed by atoms with Gasteiger partial charge in [0.05, 0.1) is 23.5 Å². The Hall–Kier alpha value is -1.35. The van der Waals surface area contributed by atoms with E-state index in [1.807, 2.05) is 37.4 Å². The van der Waals surface area contributed by atoms with E-state index in [0.29, 0.717) is 5.88 Å². The van der Waals surface area contributed by atoms with Crippen LogP contribution in [0.3, 0.4) is 0 Å². The molecule has 0 aliphatic carbocycles. The van der Waals surface area contributed by atoms with Crippen LogP contribution < -0.4 is 0 Å². The van der Waals surface area contributed by atoms with Crippen molar-refractivity contribution in [3.8, 4) is 5.69 Å². The molecule has 0 spiro atoms. The Morgan fingerprint density at radius 3 is 2.93 bits per heavy atom. The summed E-state index contributed by atoms with van der Waals surface area (Å²) in [5, 5.41) is 7.90. The zero-order valence-corrected chi connectivity index (χ0v) is 8.57. The predicted octanol–water partition coefficient (Wildman–Crippen LogP) is 2.31. The molecule has 0 N–H and O–H groups in total. The number of halogens is 1. The van der Waals surface area contributed by atoms with Crippen LogP contribution in [0.25, 0.3) is 5.69 Å². The lowest BCUT2D eigenvalue weighted by Gasteiger charge is -1.99. The van der Waals surface area contributed by atoms with Gasteiger partial charge in [-0.05, 0) is 24.6 Å². The van der Waals surface area contributed by atoms with E-state index in [1.165, 1.54) is 5.56 Å². The second-order valence-corrected chi connectivity index (χ2v) is 3.39. The van der Waals surface area contributed by atoms with Crippen LogP contribution >= 0.6 is 11.6 Å². The molecule has 0 unspecified atom stereocenters. The van der Waals surface area contributed by atoms with Crippen molar-refractivity contribution in [1.82, 2.24) is 15.0 Å². The third-order valence-electron chi connectivity index (χ3n) is 1.94. The third kappa shape index (κ3) is 1.77. The first kappa shape index (κ1) is 9.21. The van der Waals surface area contributed by atoms with Crippen molar-refractivity contribution in [3.63, 3.8) is 0 Å². The number of nitrogens with zero attached hydrogens (tertiary/aromatic N) is 3. The molecule has 1 aromatic heterocycles. The molecule has 4 heteroatoms. The van der Waals surface area contributed by atoms with Gasteiger partial charge in [-0.25, -0.2) is 4.68 Å². The topological polar surface area (TPSA) is 30.7 Å². The van der Waals surface area contributed by atoms with Gasteiger partial charge in [-0.3, -0.25) is 0 Å². The summed E-state index contributed by atoms with van der Waals surface area (Å²) in [5.74, 6) is 0.395. The Balaban J connectivity index is 2.39. The number of hydrogen-bond acceptors (Lipinski definition) is 2. The molecule has 0 fully saturated rings. The number of aromatic nitrogens is 3. The van der Waals surface area contributed by atoms with Gasteiger partial charge in [0, 0.05) is 0 Å². The Labute approximate surface area is 87.3 Å². The van der Waals surface area contributed by atoms with Crippen LogP contribution in [0.4, 0.5) is 0 Å². The van der Waals surface area contributed by atoms with E-state index in [9.17, 15) is 0 Å². The lowest BCUT2D eigenvalue weighted by molar-refractivity contribution is 0.799. The summed E-state index contributed by atoms with van der Waals surface area (Å²) in [5.41, 5.74) is 2.99. The van der Waals surface area contributed by atoms with Crippen LogP contribution in [0.5, 0.6) is 0 Å². The van der Waals surface area contributed by atoms with E-state index < -0.39 is 0 Å². The molecule has 0 amide bonds. The molecular formula is C10H10ClN3. The molecule has 0 bridgehead atoms. The van der Waals surface area contributed by atoms with Crippen molar-refractivity contribution in [1.29, 1.82) is 0 Å². The fourth-order valence-electron chi connectivity index (χ4n) is 1.26. The van der Waals surface area contributed by atoms with Gasteiger partial charge in [0.1, 0.15) is 0 Å². The molecule has 0 saturated heterocycles. The maximum absolute atomic E-state index is 5.64. The molecule has 0 saturated carbocycles. The van der Waals surface area contributed by atoms with Crippen LogP contribution in [0.2, 0.25) is 0 Å². The monoisotopic (exact) mass is 207 g/mol. The van der Waals surface area contributed by atoms with E-state index >= 15 is 0 Å². The smallest absolute Gasteiger partial charge is 0.0979 e. The standard InChI is InChI=1S/C10H10ClN3/c1-8-3-2-4-10(5-8)14-7-9(6-11)12-13-14/h2-5,7H,6H2,1H3. The number of alkyl halides is 1. The molecule has 72 valence electrons. The normalized spacial score (nSPS) is 10.4. The highest BCUT2D eigenvalue weighted by Gasteiger charge is 2.00. The van der Waals surface area contributed by atoms with E-state index in [4.69, 9.17) is 11.6 Å². The average Bonchev–Trinajstić information content (AvgIpc) is 2.66. The Morgan fingerprint density at radius 1 is 1.43 bits per heavy atom. The first-order valence-electron chi connectivity index (χ1n) is 4.34. The van der Waals surface area contributed by atoms with Crippen LogP contribution in [0, 0.1) is 6.92 Å². The van der Waals surface area contributed by atoms with Gasteiger partial charge in [0.25, 0.3) is 0 Å². The molecule has 14 heavy (non-hydrogen) atoms. The number of hydrogen-bond donors (Lipinski definition) is 0. The fraction of sp³-hybridized carbons (Fsp3) is 0.200. The van der Waals surface area contributed by atoms with Crippen molar-refractivity contribution in [2.75, 3.05) is 0 Å². The Morgan fingerprint density at radius 2 is 2.29 bits per heavy atom. The summed E-state index contributed by atoms with van der Waals surface area (Å²) in [6, 6.07) is 8.07. The number of rotatable bonds is 2. The summed E-state index contributed by atoms with van der Waals surface area (Å²) in [6.07, 6.45) is 1.84. The van der Waals surface area contributed by atoms with Crippen molar-refractivity contribution < 1.29 is 0 Å². The number of benzene rings is 1. The molecule has 3 nitrogen and oxygen atoms in total. The predicted molar refractivity (Wildman–Crippen MR) is 55.7 cm³/mol. The first-order valence-corrected chi connectivity index (χ1v) is 4.87. The highest BCUT2D eigenvalue weighted by Crippen LogP contribution is 2.09. The molecule has 0 aliphatic heterocycles. The molecule has 1 heterocycles. The molecule has 0 atom stereocenters. The number of aryl methyl sites for hydroxylation is 1. The highest BCUT2D eigenvalue weighted by atomic mass is 35.5. The molecule has 0 aliphatic rings. The molecule has 1 aromatic carbocycles. The van der Waals surface area contributed by atoms with Gasteiger partial charge in [0.2, 0.25) is 0 Å². The minimum Gasteiger partial charge on any atom is -0.220 e. The lowest BCUT2D eigenvalue weighted by atomic mass is 10.2. The third-order valence-corrected chi connectivity index (χ3v) is 2.22. The second kappa shape index (κ2) is 3.80. The molecule has 2 rings (SSSR count). The molecular weight excluding hydrogens is 198 g/mol. The van der Waals surface area contributed by atoms with Gasteiger partial charge in [0.15, 0.2) is 0 Å². The van der Waals surface area contributed by atoms with Crippen molar-refractivity contribution in [3.05, 3.63) is 41.7 Å². The minimum absolute atomic E-state index is 0.395. The largest absolute Gasteiger partial charge is 0.220 e. The first-order chi connectivity index (χ1) is 6.79. The van der Waals surface area contributed by atoms with Gasteiger partial charge in [-0.15, -0.1) is 16.7 Å². The van der Waals surface area contributed by atoms with Crippen molar-refractivity contribution >= 4 is 11.6 Å². The van der Waals surface area contributed by atoms with Crippen LogP contribution in [-0.2, 0) is 5.88 Å². The Kier molecular flexibility index (Phi) is 2.50. The van der Waals surface area contributed by atoms with Gasteiger partial charge in [-0.1, -0.05) is 17.3 Å². The second-order valence-electron chi connectivity index (χ2n) is 3.13. The molecule has 2 aromatic rings. The fourth-order valence-corrected chi connectivity index (χ4v) is 1.38. The maximum Gasteiger partial charge on any atom is 0.0979 e. The summed E-state index contributed by atoms with van der Waals surface area (Å²) < 4.78 is 1.73. The van der Waals surface area contributed by atoms with Crippen LogP contribution in [0.1, 0.15) is 11.3 Å². The van der Waals surface area contributed by atoms with Gasteiger partial charge < -0.3 is 0 Å².